The van der Waals surface area contributed by atoms with Gasteiger partial charge in [-0.05, 0) is 32.8 Å². The van der Waals surface area contributed by atoms with E-state index in [1.807, 2.05) is 30.3 Å². The fraction of sp³-hybridized carbons (Fsp3) is 0.556. The van der Waals surface area contributed by atoms with E-state index in [0.29, 0.717) is 13.0 Å². The monoisotopic (exact) mass is 352 g/mol. The molecule has 0 fully saturated rings. The standard InChI is InChI=1S/C18H28N2O5/c1-18(2,3)25-17(23)20-14(12-13-8-6-5-7-9-13)15(21)16(22)19-10-11-24-4/h5-9,14-15,21H,10-12H2,1-4H3,(H,19,22)(H,20,23)/t14-,15?/m0/s1. The molecule has 1 rings (SSSR count). The van der Waals surface area contributed by atoms with Crippen LogP contribution < -0.4 is 10.6 Å². The van der Waals surface area contributed by atoms with Gasteiger partial charge >= 0.3 is 6.09 Å². The summed E-state index contributed by atoms with van der Waals surface area (Å²) in [4.78, 5) is 24.2. The van der Waals surface area contributed by atoms with Crippen molar-refractivity contribution in [1.29, 1.82) is 0 Å². The van der Waals surface area contributed by atoms with E-state index >= 15 is 0 Å². The van der Waals surface area contributed by atoms with Gasteiger partial charge in [-0.25, -0.2) is 4.79 Å². The lowest BCUT2D eigenvalue weighted by Crippen LogP contribution is -2.52. The minimum absolute atomic E-state index is 0.275. The van der Waals surface area contributed by atoms with Crippen LogP contribution in [0.1, 0.15) is 26.3 Å². The number of ether oxygens (including phenoxy) is 2. The van der Waals surface area contributed by atoms with Gasteiger partial charge in [0.25, 0.3) is 5.91 Å². The molecule has 0 radical (unpaired) electrons. The molecule has 0 aliphatic carbocycles. The van der Waals surface area contributed by atoms with Crippen LogP contribution >= 0.6 is 0 Å². The summed E-state index contributed by atoms with van der Waals surface area (Å²) in [6.45, 7) is 5.84. The van der Waals surface area contributed by atoms with Gasteiger partial charge in [0, 0.05) is 13.7 Å². The molecule has 0 aromatic heterocycles. The SMILES string of the molecule is COCCNC(=O)C(O)[C@H](Cc1ccccc1)NC(=O)OC(C)(C)C. The summed E-state index contributed by atoms with van der Waals surface area (Å²) in [6, 6.07) is 8.47. The fourth-order valence-electron chi connectivity index (χ4n) is 2.13. The highest BCUT2D eigenvalue weighted by molar-refractivity contribution is 5.82. The Morgan fingerprint density at radius 1 is 1.20 bits per heavy atom. The lowest BCUT2D eigenvalue weighted by Gasteiger charge is -2.26. The van der Waals surface area contributed by atoms with E-state index in [0.717, 1.165) is 5.56 Å². The molecule has 0 spiro atoms. The van der Waals surface area contributed by atoms with Crippen LogP contribution in [-0.4, -0.2) is 55.1 Å². The van der Waals surface area contributed by atoms with Gasteiger partial charge in [-0.3, -0.25) is 4.79 Å². The van der Waals surface area contributed by atoms with E-state index in [4.69, 9.17) is 9.47 Å². The Hall–Kier alpha value is -2.12. The molecule has 0 aliphatic rings. The third-order valence-electron chi connectivity index (χ3n) is 3.26. The maximum Gasteiger partial charge on any atom is 0.407 e. The molecular weight excluding hydrogens is 324 g/mol. The second kappa shape index (κ2) is 10.0. The Morgan fingerprint density at radius 3 is 2.40 bits per heavy atom. The van der Waals surface area contributed by atoms with E-state index in [1.165, 1.54) is 7.11 Å². The highest BCUT2D eigenvalue weighted by Gasteiger charge is 2.29. The van der Waals surface area contributed by atoms with Crippen LogP contribution in [-0.2, 0) is 20.7 Å². The molecule has 7 heteroatoms. The molecule has 3 N–H and O–H groups in total. The Morgan fingerprint density at radius 2 is 1.84 bits per heavy atom. The third kappa shape index (κ3) is 8.51. The summed E-state index contributed by atoms with van der Waals surface area (Å²) in [5, 5.41) is 15.5. The number of carbonyl (C=O) groups excluding carboxylic acids is 2. The molecule has 1 aromatic rings. The Balaban J connectivity index is 2.79. The number of amides is 2. The van der Waals surface area contributed by atoms with Crippen LogP contribution in [0.5, 0.6) is 0 Å². The van der Waals surface area contributed by atoms with Crippen molar-refractivity contribution >= 4 is 12.0 Å². The van der Waals surface area contributed by atoms with Crippen LogP contribution in [0.3, 0.4) is 0 Å². The zero-order chi connectivity index (χ0) is 18.9. The largest absolute Gasteiger partial charge is 0.444 e. The molecule has 0 heterocycles. The van der Waals surface area contributed by atoms with Gasteiger partial charge in [0.15, 0.2) is 6.10 Å². The Kier molecular flexibility index (Phi) is 8.37. The molecular formula is C18H28N2O5. The maximum atomic E-state index is 12.1. The van der Waals surface area contributed by atoms with Gasteiger partial charge in [-0.2, -0.15) is 0 Å². The molecule has 2 amide bonds. The number of aliphatic hydroxyl groups excluding tert-OH is 1. The van der Waals surface area contributed by atoms with Crippen molar-refractivity contribution in [3.63, 3.8) is 0 Å². The van der Waals surface area contributed by atoms with Crippen molar-refractivity contribution in [2.75, 3.05) is 20.3 Å². The third-order valence-corrected chi connectivity index (χ3v) is 3.26. The highest BCUT2D eigenvalue weighted by atomic mass is 16.6. The number of benzene rings is 1. The molecule has 25 heavy (non-hydrogen) atoms. The lowest BCUT2D eigenvalue weighted by molar-refractivity contribution is -0.130. The van der Waals surface area contributed by atoms with Gasteiger partial charge in [0.1, 0.15) is 5.60 Å². The van der Waals surface area contributed by atoms with Crippen molar-refractivity contribution in [1.82, 2.24) is 10.6 Å². The molecule has 140 valence electrons. The maximum absolute atomic E-state index is 12.1. The van der Waals surface area contributed by atoms with E-state index in [9.17, 15) is 14.7 Å². The number of nitrogens with one attached hydrogen (secondary N) is 2. The van der Waals surface area contributed by atoms with Crippen molar-refractivity contribution < 1.29 is 24.2 Å². The molecule has 0 aliphatic heterocycles. The average Bonchev–Trinajstić information content (AvgIpc) is 2.53. The average molecular weight is 352 g/mol. The van der Waals surface area contributed by atoms with Crippen LogP contribution in [0.15, 0.2) is 30.3 Å². The molecule has 7 nitrogen and oxygen atoms in total. The van der Waals surface area contributed by atoms with Crippen LogP contribution in [0.2, 0.25) is 0 Å². The van der Waals surface area contributed by atoms with Crippen molar-refractivity contribution in [3.8, 4) is 0 Å². The fourth-order valence-corrected chi connectivity index (χ4v) is 2.13. The number of rotatable bonds is 8. The predicted molar refractivity (Wildman–Crippen MR) is 94.2 cm³/mol. The molecule has 0 saturated carbocycles. The van der Waals surface area contributed by atoms with Gasteiger partial charge < -0.3 is 25.2 Å². The van der Waals surface area contributed by atoms with Gasteiger partial charge in [-0.1, -0.05) is 30.3 Å². The van der Waals surface area contributed by atoms with Gasteiger partial charge in [0.05, 0.1) is 12.6 Å². The predicted octanol–water partition coefficient (Wildman–Crippen LogP) is 1.25. The number of hydrogen-bond donors (Lipinski definition) is 3. The first-order valence-electron chi connectivity index (χ1n) is 8.21. The number of hydrogen-bond acceptors (Lipinski definition) is 5. The van der Waals surface area contributed by atoms with Crippen molar-refractivity contribution in [2.24, 2.45) is 0 Å². The van der Waals surface area contributed by atoms with Gasteiger partial charge in [-0.15, -0.1) is 0 Å². The quantitative estimate of drug-likeness (QED) is 0.612. The van der Waals surface area contributed by atoms with E-state index in [-0.39, 0.29) is 6.54 Å². The van der Waals surface area contributed by atoms with Gasteiger partial charge in [0.2, 0.25) is 0 Å². The minimum Gasteiger partial charge on any atom is -0.444 e. The number of alkyl carbamates (subject to hydrolysis) is 1. The summed E-state index contributed by atoms with van der Waals surface area (Å²) in [5.41, 5.74) is 0.208. The summed E-state index contributed by atoms with van der Waals surface area (Å²) in [5.74, 6) is -0.575. The van der Waals surface area contributed by atoms with Crippen LogP contribution in [0, 0.1) is 0 Å². The normalized spacial score (nSPS) is 13.6. The first-order valence-corrected chi connectivity index (χ1v) is 8.21. The van der Waals surface area contributed by atoms with Crippen molar-refractivity contribution in [3.05, 3.63) is 35.9 Å². The van der Waals surface area contributed by atoms with Crippen molar-refractivity contribution in [2.45, 2.75) is 44.9 Å². The number of carbonyl (C=O) groups is 2. The summed E-state index contributed by atoms with van der Waals surface area (Å²) < 4.78 is 10.1. The topological polar surface area (TPSA) is 96.9 Å². The van der Waals surface area contributed by atoms with E-state index < -0.39 is 29.7 Å². The lowest BCUT2D eigenvalue weighted by atomic mass is 10.0. The zero-order valence-electron chi connectivity index (χ0n) is 15.2. The summed E-state index contributed by atoms with van der Waals surface area (Å²) in [7, 11) is 1.52. The summed E-state index contributed by atoms with van der Waals surface area (Å²) in [6.07, 6.45) is -1.80. The highest BCUT2D eigenvalue weighted by Crippen LogP contribution is 2.10. The molecule has 1 aromatic carbocycles. The van der Waals surface area contributed by atoms with Crippen LogP contribution in [0.4, 0.5) is 4.79 Å². The second-order valence-corrected chi connectivity index (χ2v) is 6.67. The molecule has 0 saturated heterocycles. The Bertz CT molecular complexity index is 542. The molecule has 0 bridgehead atoms. The minimum atomic E-state index is -1.41. The first-order chi connectivity index (χ1) is 11.7. The van der Waals surface area contributed by atoms with Crippen LogP contribution in [0.25, 0.3) is 0 Å². The zero-order valence-corrected chi connectivity index (χ0v) is 15.2. The first kappa shape index (κ1) is 20.9. The number of methoxy groups -OCH3 is 1. The molecule has 1 unspecified atom stereocenters. The second-order valence-electron chi connectivity index (χ2n) is 6.67. The summed E-state index contributed by atoms with van der Waals surface area (Å²) >= 11 is 0. The smallest absolute Gasteiger partial charge is 0.407 e. The number of aliphatic hydroxyl groups is 1. The molecule has 2 atom stereocenters. The van der Waals surface area contributed by atoms with E-state index in [2.05, 4.69) is 10.6 Å². The Labute approximate surface area is 148 Å². The van der Waals surface area contributed by atoms with E-state index in [1.54, 1.807) is 20.8 Å².